The van der Waals surface area contributed by atoms with Crippen molar-refractivity contribution in [1.29, 1.82) is 0 Å². The van der Waals surface area contributed by atoms with Gasteiger partial charge in [-0.1, -0.05) is 43.7 Å². The lowest BCUT2D eigenvalue weighted by atomic mass is 10.1. The van der Waals surface area contributed by atoms with Gasteiger partial charge in [-0.2, -0.15) is 0 Å². The van der Waals surface area contributed by atoms with Gasteiger partial charge in [0.15, 0.2) is 0 Å². The third kappa shape index (κ3) is 4.45. The molecule has 88 valence electrons. The second-order valence-electron chi connectivity index (χ2n) is 3.93. The van der Waals surface area contributed by atoms with E-state index in [2.05, 4.69) is 6.92 Å². The lowest BCUT2D eigenvalue weighted by molar-refractivity contribution is -0.131. The number of hydrogen-bond acceptors (Lipinski definition) is 2. The highest BCUT2D eigenvalue weighted by atomic mass is 16.2. The summed E-state index contributed by atoms with van der Waals surface area (Å²) in [7, 11) is 0. The van der Waals surface area contributed by atoms with Gasteiger partial charge in [0.2, 0.25) is 5.91 Å². The average Bonchev–Trinajstić information content (AvgIpc) is 2.34. The van der Waals surface area contributed by atoms with Gasteiger partial charge in [-0.25, -0.2) is 5.84 Å². The minimum atomic E-state index is 0.0396. The molecule has 0 spiro atoms. The van der Waals surface area contributed by atoms with E-state index in [1.54, 1.807) is 0 Å². The van der Waals surface area contributed by atoms with Crippen LogP contribution in [0.5, 0.6) is 0 Å². The summed E-state index contributed by atoms with van der Waals surface area (Å²) in [6.45, 7) is 2.66. The Labute approximate surface area is 97.2 Å². The highest BCUT2D eigenvalue weighted by molar-refractivity contribution is 5.75. The first-order chi connectivity index (χ1) is 7.74. The lowest BCUT2D eigenvalue weighted by Gasteiger charge is -2.16. The van der Waals surface area contributed by atoms with Gasteiger partial charge >= 0.3 is 0 Å². The smallest absolute Gasteiger partial charge is 0.236 e. The zero-order chi connectivity index (χ0) is 11.8. The van der Waals surface area contributed by atoms with Crippen molar-refractivity contribution in [2.45, 2.75) is 32.6 Å². The number of nitrogens with two attached hydrogens (primary N) is 1. The molecule has 3 nitrogen and oxygen atoms in total. The van der Waals surface area contributed by atoms with Crippen molar-refractivity contribution in [3.8, 4) is 0 Å². The molecule has 0 atom stereocenters. The van der Waals surface area contributed by atoms with Crippen LogP contribution in [-0.2, 0) is 11.2 Å². The van der Waals surface area contributed by atoms with Gasteiger partial charge in [-0.05, 0) is 18.4 Å². The molecule has 2 N–H and O–H groups in total. The Hall–Kier alpha value is -1.35. The highest BCUT2D eigenvalue weighted by Crippen LogP contribution is 2.02. The van der Waals surface area contributed by atoms with E-state index in [9.17, 15) is 4.79 Å². The number of nitrogens with zero attached hydrogens (tertiary/aromatic N) is 1. The number of benzene rings is 1. The average molecular weight is 220 g/mol. The summed E-state index contributed by atoms with van der Waals surface area (Å²) in [6, 6.07) is 10.1. The molecule has 0 aliphatic rings. The molecule has 3 heteroatoms. The Morgan fingerprint density at radius 2 is 2.00 bits per heavy atom. The molecule has 0 radical (unpaired) electrons. The maximum Gasteiger partial charge on any atom is 0.236 e. The topological polar surface area (TPSA) is 46.3 Å². The maximum absolute atomic E-state index is 11.5. The van der Waals surface area contributed by atoms with Crippen LogP contribution in [-0.4, -0.2) is 17.5 Å². The van der Waals surface area contributed by atoms with E-state index >= 15 is 0 Å². The highest BCUT2D eigenvalue weighted by Gasteiger charge is 2.07. The zero-order valence-electron chi connectivity index (χ0n) is 9.86. The maximum atomic E-state index is 11.5. The summed E-state index contributed by atoms with van der Waals surface area (Å²) in [4.78, 5) is 11.5. The first-order valence-electron chi connectivity index (χ1n) is 5.83. The fourth-order valence-electron chi connectivity index (χ4n) is 1.49. The molecule has 0 heterocycles. The van der Waals surface area contributed by atoms with Crippen molar-refractivity contribution in [1.82, 2.24) is 5.01 Å². The fourth-order valence-corrected chi connectivity index (χ4v) is 1.49. The van der Waals surface area contributed by atoms with Crippen LogP contribution in [0.25, 0.3) is 0 Å². The first-order valence-corrected chi connectivity index (χ1v) is 5.83. The summed E-state index contributed by atoms with van der Waals surface area (Å²) >= 11 is 0. The molecule has 0 aliphatic heterocycles. The number of hydrogen-bond donors (Lipinski definition) is 1. The predicted octanol–water partition coefficient (Wildman–Crippen LogP) is 2.12. The molecule has 0 aliphatic carbocycles. The van der Waals surface area contributed by atoms with Gasteiger partial charge in [0.25, 0.3) is 0 Å². The molecule has 0 unspecified atom stereocenters. The van der Waals surface area contributed by atoms with Crippen LogP contribution in [0.2, 0.25) is 0 Å². The van der Waals surface area contributed by atoms with E-state index in [1.807, 2.05) is 30.3 Å². The van der Waals surface area contributed by atoms with Crippen LogP contribution < -0.4 is 5.84 Å². The molecule has 0 saturated carbocycles. The summed E-state index contributed by atoms with van der Waals surface area (Å²) in [5.41, 5.74) is 1.21. The number of carbonyl (C=O) groups is 1. The lowest BCUT2D eigenvalue weighted by Crippen LogP contribution is -2.38. The number of amides is 1. The Balaban J connectivity index is 2.29. The van der Waals surface area contributed by atoms with Crippen molar-refractivity contribution in [3.05, 3.63) is 35.9 Å². The van der Waals surface area contributed by atoms with Gasteiger partial charge in [-0.3, -0.25) is 9.80 Å². The third-order valence-electron chi connectivity index (χ3n) is 2.55. The van der Waals surface area contributed by atoms with Gasteiger partial charge in [0, 0.05) is 13.0 Å². The normalized spacial score (nSPS) is 10.1. The molecular formula is C13H20N2O. The van der Waals surface area contributed by atoms with Gasteiger partial charge in [0.1, 0.15) is 0 Å². The van der Waals surface area contributed by atoms with E-state index in [0.717, 1.165) is 19.3 Å². The van der Waals surface area contributed by atoms with Gasteiger partial charge in [-0.15, -0.1) is 0 Å². The van der Waals surface area contributed by atoms with Gasteiger partial charge in [0.05, 0.1) is 0 Å². The van der Waals surface area contributed by atoms with Crippen molar-refractivity contribution in [3.63, 3.8) is 0 Å². The van der Waals surface area contributed by atoms with E-state index in [1.165, 1.54) is 10.6 Å². The van der Waals surface area contributed by atoms with Crippen LogP contribution in [0.4, 0.5) is 0 Å². The number of carbonyl (C=O) groups excluding carboxylic acids is 1. The molecule has 0 bridgehead atoms. The largest absolute Gasteiger partial charge is 0.280 e. The second-order valence-corrected chi connectivity index (χ2v) is 3.93. The third-order valence-corrected chi connectivity index (χ3v) is 2.55. The molecule has 16 heavy (non-hydrogen) atoms. The standard InChI is InChI=1S/C13H20N2O/c1-2-3-9-13(16)15(14)11-10-12-7-5-4-6-8-12/h4-8H,2-3,9-11,14H2,1H3. The van der Waals surface area contributed by atoms with Crippen molar-refractivity contribution in [2.75, 3.05) is 6.54 Å². The van der Waals surface area contributed by atoms with Crippen LogP contribution in [0.3, 0.4) is 0 Å². The summed E-state index contributed by atoms with van der Waals surface area (Å²) in [6.07, 6.45) is 3.31. The molecule has 0 aromatic heterocycles. The van der Waals surface area contributed by atoms with Crippen LogP contribution in [0.1, 0.15) is 31.7 Å². The van der Waals surface area contributed by atoms with E-state index in [4.69, 9.17) is 5.84 Å². The van der Waals surface area contributed by atoms with E-state index in [-0.39, 0.29) is 5.91 Å². The number of unbranched alkanes of at least 4 members (excludes halogenated alkanes) is 1. The summed E-state index contributed by atoms with van der Waals surface area (Å²) < 4.78 is 0. The summed E-state index contributed by atoms with van der Waals surface area (Å²) in [5, 5.41) is 1.34. The predicted molar refractivity (Wildman–Crippen MR) is 65.6 cm³/mol. The molecule has 0 fully saturated rings. The number of hydrazine groups is 1. The molecule has 1 amide bonds. The Morgan fingerprint density at radius 3 is 2.62 bits per heavy atom. The van der Waals surface area contributed by atoms with E-state index < -0.39 is 0 Å². The van der Waals surface area contributed by atoms with Crippen LogP contribution in [0.15, 0.2) is 30.3 Å². The van der Waals surface area contributed by atoms with E-state index in [0.29, 0.717) is 13.0 Å². The Morgan fingerprint density at radius 1 is 1.31 bits per heavy atom. The molecule has 1 rings (SSSR count). The quantitative estimate of drug-likeness (QED) is 0.453. The zero-order valence-corrected chi connectivity index (χ0v) is 9.86. The summed E-state index contributed by atoms with van der Waals surface area (Å²) in [5.74, 6) is 5.73. The van der Waals surface area contributed by atoms with Gasteiger partial charge < -0.3 is 0 Å². The first kappa shape index (κ1) is 12.7. The Bertz CT molecular complexity index is 311. The van der Waals surface area contributed by atoms with Crippen molar-refractivity contribution < 1.29 is 4.79 Å². The minimum Gasteiger partial charge on any atom is -0.280 e. The SMILES string of the molecule is CCCCC(=O)N(N)CCc1ccccc1. The van der Waals surface area contributed by atoms with Crippen molar-refractivity contribution in [2.24, 2.45) is 5.84 Å². The second kappa shape index (κ2) is 7.01. The monoisotopic (exact) mass is 220 g/mol. The molecule has 0 saturated heterocycles. The Kier molecular flexibility index (Phi) is 5.57. The van der Waals surface area contributed by atoms with Crippen molar-refractivity contribution >= 4 is 5.91 Å². The molecular weight excluding hydrogens is 200 g/mol. The fraction of sp³-hybridized carbons (Fsp3) is 0.462. The number of rotatable bonds is 6. The minimum absolute atomic E-state index is 0.0396. The van der Waals surface area contributed by atoms with Crippen LogP contribution >= 0.6 is 0 Å². The molecule has 1 aromatic carbocycles. The van der Waals surface area contributed by atoms with Crippen LogP contribution in [0, 0.1) is 0 Å². The molecule has 1 aromatic rings.